The van der Waals surface area contributed by atoms with Crippen molar-refractivity contribution in [3.05, 3.63) is 54.5 Å². The molecule has 3 aromatic rings. The second kappa shape index (κ2) is 7.56. The Kier molecular flexibility index (Phi) is 4.82. The molecule has 6 heteroatoms. The number of hydrogen-bond acceptors (Lipinski definition) is 4. The van der Waals surface area contributed by atoms with Gasteiger partial charge in [0.15, 0.2) is 0 Å². The van der Waals surface area contributed by atoms with E-state index in [-0.39, 0.29) is 5.91 Å². The van der Waals surface area contributed by atoms with Crippen LogP contribution >= 0.6 is 0 Å². The van der Waals surface area contributed by atoms with Gasteiger partial charge in [0.1, 0.15) is 6.54 Å². The molecule has 0 radical (unpaired) electrons. The van der Waals surface area contributed by atoms with Gasteiger partial charge in [-0.1, -0.05) is 18.2 Å². The van der Waals surface area contributed by atoms with Gasteiger partial charge in [0, 0.05) is 31.0 Å². The number of amides is 1. The molecule has 2 aromatic heterocycles. The van der Waals surface area contributed by atoms with Crippen LogP contribution in [0.1, 0.15) is 25.0 Å². The van der Waals surface area contributed by atoms with Crippen LogP contribution in [0.4, 0.5) is 5.95 Å². The molecular weight excluding hydrogens is 326 g/mol. The normalized spacial score (nSPS) is 14.5. The average Bonchev–Trinajstić information content (AvgIpc) is 3.10. The third kappa shape index (κ3) is 3.69. The zero-order chi connectivity index (χ0) is 17.8. The quantitative estimate of drug-likeness (QED) is 0.769. The maximum atomic E-state index is 12.3. The Morgan fingerprint density at radius 1 is 1.08 bits per heavy atom. The first-order valence-corrected chi connectivity index (χ1v) is 9.17. The molecule has 6 nitrogen and oxygen atoms in total. The highest BCUT2D eigenvalue weighted by atomic mass is 16.1. The van der Waals surface area contributed by atoms with Crippen LogP contribution in [0.25, 0.3) is 10.9 Å². The van der Waals surface area contributed by atoms with E-state index >= 15 is 0 Å². The number of piperidine rings is 1. The molecule has 0 unspecified atom stereocenters. The molecule has 1 aliphatic heterocycles. The third-order valence-corrected chi connectivity index (χ3v) is 4.80. The van der Waals surface area contributed by atoms with Crippen LogP contribution in [0.15, 0.2) is 48.8 Å². The van der Waals surface area contributed by atoms with Crippen LogP contribution in [-0.4, -0.2) is 33.5 Å². The highest BCUT2D eigenvalue weighted by molar-refractivity contribution is 5.83. The van der Waals surface area contributed by atoms with Gasteiger partial charge >= 0.3 is 0 Å². The molecule has 0 bridgehead atoms. The van der Waals surface area contributed by atoms with E-state index in [1.165, 1.54) is 19.3 Å². The molecule has 0 spiro atoms. The minimum atomic E-state index is -0.0236. The SMILES string of the molecule is O=C(Cn1ccc2ccccc21)NCc1ccnc(N2CCCCC2)n1. The Hall–Kier alpha value is -2.89. The van der Waals surface area contributed by atoms with Gasteiger partial charge in [-0.05, 0) is 42.8 Å². The molecule has 1 fully saturated rings. The predicted octanol–water partition coefficient (Wildman–Crippen LogP) is 2.74. The summed E-state index contributed by atoms with van der Waals surface area (Å²) in [6.07, 6.45) is 7.38. The summed E-state index contributed by atoms with van der Waals surface area (Å²) in [7, 11) is 0. The van der Waals surface area contributed by atoms with Crippen molar-refractivity contribution in [3.63, 3.8) is 0 Å². The lowest BCUT2D eigenvalue weighted by atomic mass is 10.1. The highest BCUT2D eigenvalue weighted by Gasteiger charge is 2.14. The van der Waals surface area contributed by atoms with Crippen molar-refractivity contribution in [2.24, 2.45) is 0 Å². The number of hydrogen-bond donors (Lipinski definition) is 1. The maximum Gasteiger partial charge on any atom is 0.240 e. The summed E-state index contributed by atoms with van der Waals surface area (Å²) in [6, 6.07) is 11.9. The molecule has 1 aliphatic rings. The van der Waals surface area contributed by atoms with E-state index in [0.717, 1.165) is 35.6 Å². The van der Waals surface area contributed by atoms with Crippen LogP contribution in [-0.2, 0) is 17.9 Å². The van der Waals surface area contributed by atoms with E-state index in [4.69, 9.17) is 0 Å². The fraction of sp³-hybridized carbons (Fsp3) is 0.350. The Balaban J connectivity index is 1.37. The highest BCUT2D eigenvalue weighted by Crippen LogP contribution is 2.16. The smallest absolute Gasteiger partial charge is 0.240 e. The van der Waals surface area contributed by atoms with Gasteiger partial charge < -0.3 is 14.8 Å². The molecule has 0 atom stereocenters. The molecule has 1 aromatic carbocycles. The van der Waals surface area contributed by atoms with Gasteiger partial charge in [-0.3, -0.25) is 4.79 Å². The average molecular weight is 349 g/mol. The lowest BCUT2D eigenvalue weighted by molar-refractivity contribution is -0.121. The summed E-state index contributed by atoms with van der Waals surface area (Å²) in [5, 5.41) is 4.10. The van der Waals surface area contributed by atoms with Crippen molar-refractivity contribution in [2.75, 3.05) is 18.0 Å². The van der Waals surface area contributed by atoms with Gasteiger partial charge in [-0.15, -0.1) is 0 Å². The van der Waals surface area contributed by atoms with Gasteiger partial charge in [0.05, 0.1) is 12.2 Å². The second-order valence-electron chi connectivity index (χ2n) is 6.67. The number of nitrogens with one attached hydrogen (secondary N) is 1. The van der Waals surface area contributed by atoms with E-state index in [2.05, 4.69) is 20.2 Å². The number of carbonyl (C=O) groups excluding carboxylic acids is 1. The minimum Gasteiger partial charge on any atom is -0.349 e. The standard InChI is InChI=1S/C20H23N5O/c26-19(15-25-13-9-16-6-2-3-7-18(16)25)22-14-17-8-10-21-20(23-17)24-11-4-1-5-12-24/h2-3,6-10,13H,1,4-5,11-12,14-15H2,(H,22,26). The molecular formula is C20H23N5O. The molecule has 0 aliphatic carbocycles. The second-order valence-corrected chi connectivity index (χ2v) is 6.67. The lowest BCUT2D eigenvalue weighted by Crippen LogP contribution is -2.31. The van der Waals surface area contributed by atoms with Gasteiger partial charge in [-0.2, -0.15) is 0 Å². The van der Waals surface area contributed by atoms with Crippen molar-refractivity contribution < 1.29 is 4.79 Å². The van der Waals surface area contributed by atoms with Crippen LogP contribution in [0.5, 0.6) is 0 Å². The van der Waals surface area contributed by atoms with Gasteiger partial charge in [-0.25, -0.2) is 9.97 Å². The molecule has 3 heterocycles. The van der Waals surface area contributed by atoms with Crippen LogP contribution in [0, 0.1) is 0 Å². The number of para-hydroxylation sites is 1. The van der Waals surface area contributed by atoms with E-state index in [1.807, 2.05) is 47.2 Å². The topological polar surface area (TPSA) is 63.1 Å². The predicted molar refractivity (Wildman–Crippen MR) is 102 cm³/mol. The lowest BCUT2D eigenvalue weighted by Gasteiger charge is -2.26. The monoisotopic (exact) mass is 349 g/mol. The fourth-order valence-corrected chi connectivity index (χ4v) is 3.41. The molecule has 1 saturated heterocycles. The number of anilines is 1. The van der Waals surface area contributed by atoms with Crippen molar-refractivity contribution in [2.45, 2.75) is 32.4 Å². The summed E-state index contributed by atoms with van der Waals surface area (Å²) in [5.74, 6) is 0.748. The van der Waals surface area contributed by atoms with Crippen LogP contribution in [0.2, 0.25) is 0 Å². The summed E-state index contributed by atoms with van der Waals surface area (Å²) in [6.45, 7) is 2.74. The van der Waals surface area contributed by atoms with E-state index in [0.29, 0.717) is 13.1 Å². The fourth-order valence-electron chi connectivity index (χ4n) is 3.41. The van der Waals surface area contributed by atoms with Crippen LogP contribution in [0.3, 0.4) is 0 Å². The number of nitrogens with zero attached hydrogens (tertiary/aromatic N) is 4. The van der Waals surface area contributed by atoms with Crippen molar-refractivity contribution in [1.29, 1.82) is 0 Å². The first kappa shape index (κ1) is 16.6. The molecule has 1 amide bonds. The summed E-state index contributed by atoms with van der Waals surface area (Å²) < 4.78 is 1.96. The summed E-state index contributed by atoms with van der Waals surface area (Å²) >= 11 is 0. The Morgan fingerprint density at radius 2 is 1.92 bits per heavy atom. The van der Waals surface area contributed by atoms with E-state index in [1.54, 1.807) is 6.20 Å². The molecule has 4 rings (SSSR count). The first-order chi connectivity index (χ1) is 12.8. The number of benzene rings is 1. The summed E-state index contributed by atoms with van der Waals surface area (Å²) in [4.78, 5) is 23.5. The van der Waals surface area contributed by atoms with Crippen molar-refractivity contribution in [1.82, 2.24) is 19.9 Å². The van der Waals surface area contributed by atoms with Crippen molar-refractivity contribution in [3.8, 4) is 0 Å². The molecule has 1 N–H and O–H groups in total. The minimum absolute atomic E-state index is 0.0236. The number of carbonyl (C=O) groups is 1. The Bertz CT molecular complexity index is 898. The molecule has 26 heavy (non-hydrogen) atoms. The number of rotatable bonds is 5. The van der Waals surface area contributed by atoms with Crippen LogP contribution < -0.4 is 10.2 Å². The van der Waals surface area contributed by atoms with E-state index < -0.39 is 0 Å². The Morgan fingerprint density at radius 3 is 2.81 bits per heavy atom. The third-order valence-electron chi connectivity index (χ3n) is 4.80. The van der Waals surface area contributed by atoms with Gasteiger partial charge in [0.2, 0.25) is 11.9 Å². The maximum absolute atomic E-state index is 12.3. The Labute approximate surface area is 152 Å². The zero-order valence-electron chi connectivity index (χ0n) is 14.8. The molecule has 0 saturated carbocycles. The zero-order valence-corrected chi connectivity index (χ0v) is 14.8. The molecule has 134 valence electrons. The number of fused-ring (bicyclic) bond motifs is 1. The largest absolute Gasteiger partial charge is 0.349 e. The summed E-state index contributed by atoms with van der Waals surface area (Å²) in [5.41, 5.74) is 1.91. The first-order valence-electron chi connectivity index (χ1n) is 9.17. The van der Waals surface area contributed by atoms with Crippen molar-refractivity contribution >= 4 is 22.8 Å². The van der Waals surface area contributed by atoms with E-state index in [9.17, 15) is 4.79 Å². The number of aromatic nitrogens is 3. The van der Waals surface area contributed by atoms with Gasteiger partial charge in [0.25, 0.3) is 0 Å².